The number of halogens is 1. The van der Waals surface area contributed by atoms with Crippen LogP contribution < -0.4 is 5.14 Å². The van der Waals surface area contributed by atoms with E-state index in [2.05, 4.69) is 11.8 Å². The van der Waals surface area contributed by atoms with Crippen LogP contribution in [0.25, 0.3) is 0 Å². The van der Waals surface area contributed by atoms with Crippen molar-refractivity contribution in [1.82, 2.24) is 4.90 Å². The summed E-state index contributed by atoms with van der Waals surface area (Å²) in [6.45, 7) is 2.76. The maximum Gasteiger partial charge on any atom is 0.238 e. The van der Waals surface area contributed by atoms with E-state index in [0.29, 0.717) is 6.54 Å². The molecule has 0 aliphatic carbocycles. The highest BCUT2D eigenvalue weighted by atomic mass is 35.5. The smallest absolute Gasteiger partial charge is 0.238 e. The largest absolute Gasteiger partial charge is 0.295 e. The molecular formula is C16H19ClN2O2S. The van der Waals surface area contributed by atoms with Crippen molar-refractivity contribution < 1.29 is 8.42 Å². The zero-order valence-corrected chi connectivity index (χ0v) is 14.1. The van der Waals surface area contributed by atoms with Crippen LogP contribution >= 0.6 is 11.6 Å². The summed E-state index contributed by atoms with van der Waals surface area (Å²) < 4.78 is 22.6. The molecule has 0 amide bonds. The predicted molar refractivity (Wildman–Crippen MR) is 89.1 cm³/mol. The molecule has 118 valence electrons. The first-order valence-electron chi connectivity index (χ1n) is 6.85. The van der Waals surface area contributed by atoms with Crippen LogP contribution in [0.3, 0.4) is 0 Å². The van der Waals surface area contributed by atoms with Crippen LogP contribution in [0.5, 0.6) is 0 Å². The number of sulfonamides is 1. The van der Waals surface area contributed by atoms with Crippen LogP contribution in [0.2, 0.25) is 5.02 Å². The van der Waals surface area contributed by atoms with Gasteiger partial charge in [-0.05, 0) is 43.3 Å². The normalized spacial score (nSPS) is 13.3. The highest BCUT2D eigenvalue weighted by Gasteiger charge is 2.14. The molecule has 2 rings (SSSR count). The maximum absolute atomic E-state index is 11.3. The molecular weight excluding hydrogens is 320 g/mol. The number of hydrogen-bond donors (Lipinski definition) is 1. The van der Waals surface area contributed by atoms with Crippen molar-refractivity contribution in [3.05, 3.63) is 64.7 Å². The van der Waals surface area contributed by atoms with Crippen LogP contribution in [0, 0.1) is 0 Å². The minimum atomic E-state index is -3.65. The fourth-order valence-electron chi connectivity index (χ4n) is 2.22. The SMILES string of the molecule is CC(c1ccc(S(N)(=O)=O)cc1)N(C)Cc1ccccc1Cl. The number of nitrogens with two attached hydrogens (primary N) is 1. The monoisotopic (exact) mass is 338 g/mol. The molecule has 6 heteroatoms. The quantitative estimate of drug-likeness (QED) is 0.910. The van der Waals surface area contributed by atoms with Crippen LogP contribution in [0.4, 0.5) is 0 Å². The van der Waals surface area contributed by atoms with Gasteiger partial charge in [-0.1, -0.05) is 41.9 Å². The molecule has 0 saturated heterocycles. The first-order chi connectivity index (χ1) is 10.3. The van der Waals surface area contributed by atoms with Crippen molar-refractivity contribution in [2.75, 3.05) is 7.05 Å². The Morgan fingerprint density at radius 1 is 1.14 bits per heavy atom. The van der Waals surface area contributed by atoms with Crippen molar-refractivity contribution in [3.63, 3.8) is 0 Å². The Labute approximate surface area is 136 Å². The fourth-order valence-corrected chi connectivity index (χ4v) is 2.93. The van der Waals surface area contributed by atoms with E-state index in [1.165, 1.54) is 12.1 Å². The third-order valence-electron chi connectivity index (χ3n) is 3.73. The Bertz CT molecular complexity index is 745. The van der Waals surface area contributed by atoms with Gasteiger partial charge in [0.15, 0.2) is 0 Å². The molecule has 0 heterocycles. The van der Waals surface area contributed by atoms with E-state index in [1.54, 1.807) is 12.1 Å². The van der Waals surface area contributed by atoms with Gasteiger partial charge in [-0.2, -0.15) is 0 Å². The topological polar surface area (TPSA) is 63.4 Å². The van der Waals surface area contributed by atoms with Gasteiger partial charge in [-0.15, -0.1) is 0 Å². The molecule has 0 aromatic heterocycles. The summed E-state index contributed by atoms with van der Waals surface area (Å²) >= 11 is 6.18. The van der Waals surface area contributed by atoms with E-state index in [9.17, 15) is 8.42 Å². The molecule has 0 saturated carbocycles. The Balaban J connectivity index is 2.14. The predicted octanol–water partition coefficient (Wildman–Crippen LogP) is 3.18. The number of benzene rings is 2. The molecule has 1 atom stereocenters. The molecule has 0 bridgehead atoms. The van der Waals surface area contributed by atoms with Crippen LogP contribution in [0.1, 0.15) is 24.1 Å². The van der Waals surface area contributed by atoms with Gasteiger partial charge in [0.1, 0.15) is 0 Å². The summed E-state index contributed by atoms with van der Waals surface area (Å²) in [4.78, 5) is 2.27. The van der Waals surface area contributed by atoms with E-state index in [1.807, 2.05) is 31.3 Å². The van der Waals surface area contributed by atoms with Crippen molar-refractivity contribution >= 4 is 21.6 Å². The zero-order valence-electron chi connectivity index (χ0n) is 12.5. The van der Waals surface area contributed by atoms with Gasteiger partial charge in [0, 0.05) is 17.6 Å². The highest BCUT2D eigenvalue weighted by molar-refractivity contribution is 7.89. The molecule has 0 radical (unpaired) electrons. The molecule has 2 N–H and O–H groups in total. The second-order valence-electron chi connectivity index (χ2n) is 5.30. The summed E-state index contributed by atoms with van der Waals surface area (Å²) in [6, 6.07) is 14.5. The molecule has 1 unspecified atom stereocenters. The third kappa shape index (κ3) is 4.08. The van der Waals surface area contributed by atoms with Gasteiger partial charge in [0.2, 0.25) is 10.0 Å². The zero-order chi connectivity index (χ0) is 16.3. The summed E-state index contributed by atoms with van der Waals surface area (Å²) in [5.41, 5.74) is 2.07. The third-order valence-corrected chi connectivity index (χ3v) is 5.03. The summed E-state index contributed by atoms with van der Waals surface area (Å²) in [6.07, 6.45) is 0. The van der Waals surface area contributed by atoms with Crippen molar-refractivity contribution in [1.29, 1.82) is 0 Å². The van der Waals surface area contributed by atoms with E-state index in [4.69, 9.17) is 16.7 Å². The Kier molecular flexibility index (Phi) is 5.24. The maximum atomic E-state index is 11.3. The fraction of sp³-hybridized carbons (Fsp3) is 0.250. The van der Waals surface area contributed by atoms with Gasteiger partial charge in [-0.3, -0.25) is 4.90 Å². The minimum absolute atomic E-state index is 0.116. The summed E-state index contributed by atoms with van der Waals surface area (Å²) in [5.74, 6) is 0. The molecule has 4 nitrogen and oxygen atoms in total. The van der Waals surface area contributed by atoms with E-state index < -0.39 is 10.0 Å². The second-order valence-corrected chi connectivity index (χ2v) is 7.27. The average Bonchev–Trinajstić information content (AvgIpc) is 2.48. The van der Waals surface area contributed by atoms with Crippen molar-refractivity contribution in [2.45, 2.75) is 24.4 Å². The van der Waals surface area contributed by atoms with Crippen molar-refractivity contribution in [3.8, 4) is 0 Å². The lowest BCUT2D eigenvalue weighted by Gasteiger charge is -2.25. The molecule has 0 spiro atoms. The Morgan fingerprint density at radius 2 is 1.73 bits per heavy atom. The number of hydrogen-bond acceptors (Lipinski definition) is 3. The number of primary sulfonamides is 1. The van der Waals surface area contributed by atoms with Crippen molar-refractivity contribution in [2.24, 2.45) is 5.14 Å². The summed E-state index contributed by atoms with van der Waals surface area (Å²) in [5, 5.41) is 5.85. The Morgan fingerprint density at radius 3 is 2.27 bits per heavy atom. The lowest BCUT2D eigenvalue weighted by atomic mass is 10.1. The first-order valence-corrected chi connectivity index (χ1v) is 8.78. The second kappa shape index (κ2) is 6.79. The molecule has 0 fully saturated rings. The number of rotatable bonds is 5. The van der Waals surface area contributed by atoms with E-state index in [0.717, 1.165) is 16.1 Å². The lowest BCUT2D eigenvalue weighted by molar-refractivity contribution is 0.253. The average molecular weight is 339 g/mol. The molecule has 0 aliphatic rings. The van der Waals surface area contributed by atoms with Crippen LogP contribution in [-0.2, 0) is 16.6 Å². The van der Waals surface area contributed by atoms with E-state index in [-0.39, 0.29) is 10.9 Å². The van der Waals surface area contributed by atoms with Crippen LogP contribution in [0.15, 0.2) is 53.4 Å². The lowest BCUT2D eigenvalue weighted by Crippen LogP contribution is -2.22. The van der Waals surface area contributed by atoms with Gasteiger partial charge in [0.05, 0.1) is 4.90 Å². The standard InChI is InChI=1S/C16H19ClN2O2S/c1-12(13-7-9-15(10-8-13)22(18,20)21)19(2)11-14-5-3-4-6-16(14)17/h3-10,12H,11H2,1-2H3,(H2,18,20,21). The summed E-state index contributed by atoms with van der Waals surface area (Å²) in [7, 11) is -1.65. The van der Waals surface area contributed by atoms with Crippen LogP contribution in [-0.4, -0.2) is 20.4 Å². The van der Waals surface area contributed by atoms with Gasteiger partial charge in [-0.25, -0.2) is 13.6 Å². The molecule has 22 heavy (non-hydrogen) atoms. The Hall–Kier alpha value is -1.40. The van der Waals surface area contributed by atoms with Gasteiger partial charge >= 0.3 is 0 Å². The van der Waals surface area contributed by atoms with Gasteiger partial charge < -0.3 is 0 Å². The number of nitrogens with zero attached hydrogens (tertiary/aromatic N) is 1. The molecule has 2 aromatic carbocycles. The molecule has 0 aliphatic heterocycles. The first kappa shape index (κ1) is 17.0. The van der Waals surface area contributed by atoms with Gasteiger partial charge in [0.25, 0.3) is 0 Å². The highest BCUT2D eigenvalue weighted by Crippen LogP contribution is 2.24. The molecule has 2 aromatic rings. The van der Waals surface area contributed by atoms with E-state index >= 15 is 0 Å². The minimum Gasteiger partial charge on any atom is -0.295 e.